The van der Waals surface area contributed by atoms with Gasteiger partial charge in [0, 0.05) is 31.1 Å². The molecule has 21 heavy (non-hydrogen) atoms. The van der Waals surface area contributed by atoms with Crippen LogP contribution in [0.25, 0.3) is 10.9 Å². The number of carbonyl (C=O) groups excluding carboxylic acids is 1. The second-order valence-electron chi connectivity index (χ2n) is 6.06. The number of rotatable bonds is 5. The molecule has 0 aliphatic carbocycles. The molecule has 0 aliphatic rings. The summed E-state index contributed by atoms with van der Waals surface area (Å²) in [5.74, 6) is -0.190. The van der Waals surface area contributed by atoms with E-state index in [1.807, 2.05) is 49.7 Å². The van der Waals surface area contributed by atoms with Gasteiger partial charge in [-0.3, -0.25) is 4.79 Å². The van der Waals surface area contributed by atoms with Crippen LogP contribution < -0.4 is 5.32 Å². The first kappa shape index (κ1) is 15.9. The smallest absolute Gasteiger partial charge is 0.269 e. The number of para-hydroxylation sites is 1. The van der Waals surface area contributed by atoms with Crippen molar-refractivity contribution in [2.75, 3.05) is 13.2 Å². The third kappa shape index (κ3) is 3.22. The molecule has 2 rings (SSSR count). The Morgan fingerprint density at radius 2 is 2.05 bits per heavy atom. The fourth-order valence-electron chi connectivity index (χ4n) is 2.39. The van der Waals surface area contributed by atoms with Crippen molar-refractivity contribution in [2.45, 2.75) is 20.3 Å². The number of aliphatic hydroxyl groups is 1. The lowest BCUT2D eigenvalue weighted by Gasteiger charge is -2.23. The van der Waals surface area contributed by atoms with E-state index in [2.05, 4.69) is 5.32 Å². The Kier molecular flexibility index (Phi) is 4.59. The van der Waals surface area contributed by atoms with E-state index in [1.165, 1.54) is 0 Å². The van der Waals surface area contributed by atoms with Crippen molar-refractivity contribution in [1.29, 1.82) is 0 Å². The normalized spacial score (nSPS) is 11.9. The van der Waals surface area contributed by atoms with Gasteiger partial charge < -0.3 is 15.0 Å². The predicted molar refractivity (Wildman–Crippen MR) is 85.7 cm³/mol. The number of hydrogen-bond donors (Lipinski definition) is 2. The number of carbonyl (C=O) groups is 1. The van der Waals surface area contributed by atoms with Crippen molar-refractivity contribution in [2.24, 2.45) is 12.5 Å². The Labute approximate surface area is 129 Å². The summed E-state index contributed by atoms with van der Waals surface area (Å²) in [4.78, 5) is 12.4. The van der Waals surface area contributed by atoms with Crippen LogP contribution in [0.3, 0.4) is 0 Å². The molecule has 1 heterocycles. The lowest BCUT2D eigenvalue weighted by atomic mass is 9.90. The minimum atomic E-state index is -0.190. The lowest BCUT2D eigenvalue weighted by Crippen LogP contribution is -2.35. The van der Waals surface area contributed by atoms with Crippen LogP contribution in [0.5, 0.6) is 0 Å². The van der Waals surface area contributed by atoms with Crippen molar-refractivity contribution in [3.05, 3.63) is 35.0 Å². The minimum absolute atomic E-state index is 0.109. The molecular formula is C16H21ClN2O2. The third-order valence-corrected chi connectivity index (χ3v) is 4.16. The fourth-order valence-corrected chi connectivity index (χ4v) is 2.77. The van der Waals surface area contributed by atoms with Gasteiger partial charge in [0.15, 0.2) is 0 Å². The second kappa shape index (κ2) is 6.08. The number of benzene rings is 1. The van der Waals surface area contributed by atoms with Crippen LogP contribution in [0.4, 0.5) is 0 Å². The zero-order valence-electron chi connectivity index (χ0n) is 12.6. The van der Waals surface area contributed by atoms with E-state index in [0.29, 0.717) is 23.7 Å². The predicted octanol–water partition coefficient (Wildman–Crippen LogP) is 2.97. The molecule has 5 heteroatoms. The van der Waals surface area contributed by atoms with Crippen molar-refractivity contribution in [1.82, 2.24) is 9.88 Å². The summed E-state index contributed by atoms with van der Waals surface area (Å²) in [6.45, 7) is 4.61. The highest BCUT2D eigenvalue weighted by atomic mass is 35.5. The Morgan fingerprint density at radius 1 is 1.38 bits per heavy atom. The molecule has 4 nitrogen and oxygen atoms in total. The average Bonchev–Trinajstić information content (AvgIpc) is 2.69. The van der Waals surface area contributed by atoms with Crippen LogP contribution in [0.1, 0.15) is 30.8 Å². The maximum absolute atomic E-state index is 12.4. The summed E-state index contributed by atoms with van der Waals surface area (Å²) < 4.78 is 1.81. The molecular weight excluding hydrogens is 288 g/mol. The van der Waals surface area contributed by atoms with Crippen LogP contribution in [0.2, 0.25) is 5.02 Å². The van der Waals surface area contributed by atoms with Gasteiger partial charge in [-0.05, 0) is 17.9 Å². The van der Waals surface area contributed by atoms with E-state index in [9.17, 15) is 4.79 Å². The fraction of sp³-hybridized carbons (Fsp3) is 0.438. The molecule has 0 atom stereocenters. The molecule has 0 spiro atoms. The highest BCUT2D eigenvalue weighted by Crippen LogP contribution is 2.29. The Morgan fingerprint density at radius 3 is 2.67 bits per heavy atom. The van der Waals surface area contributed by atoms with E-state index in [4.69, 9.17) is 16.7 Å². The number of aromatic nitrogens is 1. The summed E-state index contributed by atoms with van der Waals surface area (Å²) in [5, 5.41) is 13.3. The zero-order valence-corrected chi connectivity index (χ0v) is 13.4. The molecule has 114 valence electrons. The van der Waals surface area contributed by atoms with Crippen molar-refractivity contribution in [3.63, 3.8) is 0 Å². The summed E-state index contributed by atoms with van der Waals surface area (Å²) in [7, 11) is 1.84. The number of amides is 1. The van der Waals surface area contributed by atoms with Crippen LogP contribution >= 0.6 is 11.6 Å². The molecule has 1 aromatic heterocycles. The highest BCUT2D eigenvalue weighted by Gasteiger charge is 2.23. The number of fused-ring (bicyclic) bond motifs is 1. The minimum Gasteiger partial charge on any atom is -0.396 e. The Balaban J connectivity index is 2.24. The van der Waals surface area contributed by atoms with E-state index in [0.717, 1.165) is 10.9 Å². The summed E-state index contributed by atoms with van der Waals surface area (Å²) in [6, 6.07) is 7.67. The van der Waals surface area contributed by atoms with Crippen LogP contribution in [0, 0.1) is 5.41 Å². The molecule has 0 aliphatic heterocycles. The van der Waals surface area contributed by atoms with E-state index in [1.54, 1.807) is 0 Å². The van der Waals surface area contributed by atoms with E-state index >= 15 is 0 Å². The largest absolute Gasteiger partial charge is 0.396 e. The lowest BCUT2D eigenvalue weighted by molar-refractivity contribution is 0.0920. The topological polar surface area (TPSA) is 54.3 Å². The first-order valence-electron chi connectivity index (χ1n) is 6.99. The standard InChI is InChI=1S/C16H21ClN2O2/c1-16(2,8-9-20)10-18-15(21)14-13(17)11-6-4-5-7-12(11)19(14)3/h4-7,20H,8-10H2,1-3H3,(H,18,21). The maximum Gasteiger partial charge on any atom is 0.269 e. The zero-order chi connectivity index (χ0) is 15.6. The summed E-state index contributed by atoms with van der Waals surface area (Å²) >= 11 is 6.35. The molecule has 0 fully saturated rings. The molecule has 1 amide bonds. The van der Waals surface area contributed by atoms with Gasteiger partial charge in [-0.1, -0.05) is 43.6 Å². The number of aryl methyl sites for hydroxylation is 1. The number of hydrogen-bond acceptors (Lipinski definition) is 2. The number of nitrogens with zero attached hydrogens (tertiary/aromatic N) is 1. The molecule has 2 aromatic rings. The van der Waals surface area contributed by atoms with Crippen molar-refractivity contribution < 1.29 is 9.90 Å². The quantitative estimate of drug-likeness (QED) is 0.892. The molecule has 0 radical (unpaired) electrons. The van der Waals surface area contributed by atoms with Crippen molar-refractivity contribution in [3.8, 4) is 0 Å². The molecule has 0 bridgehead atoms. The summed E-state index contributed by atoms with van der Waals surface area (Å²) in [6.07, 6.45) is 0.635. The highest BCUT2D eigenvalue weighted by molar-refractivity contribution is 6.38. The van der Waals surface area contributed by atoms with Gasteiger partial charge in [-0.25, -0.2) is 0 Å². The molecule has 0 saturated heterocycles. The Hall–Kier alpha value is -1.52. The van der Waals surface area contributed by atoms with Gasteiger partial charge in [-0.15, -0.1) is 0 Å². The first-order valence-corrected chi connectivity index (χ1v) is 7.37. The van der Waals surface area contributed by atoms with Crippen LogP contribution in [0.15, 0.2) is 24.3 Å². The van der Waals surface area contributed by atoms with Gasteiger partial charge in [0.2, 0.25) is 0 Å². The van der Waals surface area contributed by atoms with Gasteiger partial charge in [0.25, 0.3) is 5.91 Å². The van der Waals surface area contributed by atoms with Crippen LogP contribution in [-0.2, 0) is 7.05 Å². The Bertz CT molecular complexity index is 623. The van der Waals surface area contributed by atoms with Gasteiger partial charge in [0.1, 0.15) is 5.69 Å². The van der Waals surface area contributed by atoms with E-state index < -0.39 is 0 Å². The molecule has 1 aromatic carbocycles. The van der Waals surface area contributed by atoms with Crippen molar-refractivity contribution >= 4 is 28.4 Å². The monoisotopic (exact) mass is 308 g/mol. The average molecular weight is 309 g/mol. The SMILES string of the molecule is Cn1c(C(=O)NCC(C)(C)CCO)c(Cl)c2ccccc21. The van der Waals surface area contributed by atoms with Crippen LogP contribution in [-0.4, -0.2) is 28.7 Å². The first-order chi connectivity index (χ1) is 9.87. The van der Waals surface area contributed by atoms with E-state index in [-0.39, 0.29) is 17.9 Å². The maximum atomic E-state index is 12.4. The second-order valence-corrected chi connectivity index (χ2v) is 6.44. The number of aliphatic hydroxyl groups excluding tert-OH is 1. The molecule has 0 unspecified atom stereocenters. The van der Waals surface area contributed by atoms with Gasteiger partial charge >= 0.3 is 0 Å². The molecule has 0 saturated carbocycles. The third-order valence-electron chi connectivity index (χ3n) is 3.78. The van der Waals surface area contributed by atoms with Gasteiger partial charge in [0.05, 0.1) is 5.02 Å². The van der Waals surface area contributed by atoms with Gasteiger partial charge in [-0.2, -0.15) is 0 Å². The number of nitrogens with one attached hydrogen (secondary N) is 1. The summed E-state index contributed by atoms with van der Waals surface area (Å²) in [5.41, 5.74) is 1.25. The number of halogens is 1. The molecule has 2 N–H and O–H groups in total.